The first-order valence-corrected chi connectivity index (χ1v) is 13.1. The van der Waals surface area contributed by atoms with Gasteiger partial charge in [-0.25, -0.2) is 13.1 Å². The summed E-state index contributed by atoms with van der Waals surface area (Å²) in [7, 11) is -3.35. The normalized spacial score (nSPS) is 26.4. The van der Waals surface area contributed by atoms with E-state index in [1.807, 2.05) is 6.92 Å². The fourth-order valence-corrected chi connectivity index (χ4v) is 5.06. The number of hydrogen-bond acceptors (Lipinski definition) is 5. The lowest BCUT2D eigenvalue weighted by Gasteiger charge is -2.39. The van der Waals surface area contributed by atoms with Crippen LogP contribution in [0.1, 0.15) is 59.8 Å². The molecule has 0 aromatic heterocycles. The topological polar surface area (TPSA) is 101 Å². The van der Waals surface area contributed by atoms with Crippen molar-refractivity contribution >= 4 is 16.0 Å². The smallest absolute Gasteiger partial charge is 0.213 e. The van der Waals surface area contributed by atoms with E-state index in [9.17, 15) is 8.42 Å². The van der Waals surface area contributed by atoms with E-state index in [1.54, 1.807) is 0 Å². The summed E-state index contributed by atoms with van der Waals surface area (Å²) in [6.07, 6.45) is 5.41. The largest absolute Gasteiger partial charge is 0.377 e. The Bertz CT molecular complexity index is 627. The van der Waals surface area contributed by atoms with Gasteiger partial charge in [-0.1, -0.05) is 20.8 Å². The van der Waals surface area contributed by atoms with Gasteiger partial charge in [0, 0.05) is 45.3 Å². The number of hydrogen-bond donors (Lipinski definition) is 3. The molecule has 176 valence electrons. The van der Waals surface area contributed by atoms with Gasteiger partial charge >= 0.3 is 0 Å². The summed E-state index contributed by atoms with van der Waals surface area (Å²) in [5.74, 6) is 1.03. The third kappa shape index (κ3) is 9.08. The highest BCUT2D eigenvalue weighted by atomic mass is 32.2. The molecule has 0 spiro atoms. The predicted octanol–water partition coefficient (Wildman–Crippen LogP) is 1.87. The van der Waals surface area contributed by atoms with Crippen molar-refractivity contribution in [3.05, 3.63) is 0 Å². The van der Waals surface area contributed by atoms with Crippen molar-refractivity contribution in [1.29, 1.82) is 0 Å². The molecule has 2 aliphatic rings. The molecule has 8 nitrogen and oxygen atoms in total. The SMILES string of the molecule is CCNC(=NCC1CCCOC1C(C)(C)C)NCCS(=O)(=O)NCC1CCCCO1. The van der Waals surface area contributed by atoms with Crippen molar-refractivity contribution in [1.82, 2.24) is 15.4 Å². The Morgan fingerprint density at radius 1 is 1.07 bits per heavy atom. The van der Waals surface area contributed by atoms with E-state index in [1.165, 1.54) is 0 Å². The van der Waals surface area contributed by atoms with Gasteiger partial charge in [0.2, 0.25) is 10.0 Å². The van der Waals surface area contributed by atoms with Crippen LogP contribution in [0.3, 0.4) is 0 Å². The predicted molar refractivity (Wildman–Crippen MR) is 121 cm³/mol. The Hall–Kier alpha value is -0.900. The van der Waals surface area contributed by atoms with Crippen molar-refractivity contribution in [3.8, 4) is 0 Å². The molecule has 0 aromatic rings. The number of guanidine groups is 1. The summed E-state index contributed by atoms with van der Waals surface area (Å²) in [4.78, 5) is 4.72. The average Bonchev–Trinajstić information content (AvgIpc) is 2.71. The minimum Gasteiger partial charge on any atom is -0.377 e. The molecule has 0 saturated carbocycles. The Labute approximate surface area is 183 Å². The summed E-state index contributed by atoms with van der Waals surface area (Å²) in [6, 6.07) is 0. The van der Waals surface area contributed by atoms with E-state index >= 15 is 0 Å². The van der Waals surface area contributed by atoms with Gasteiger partial charge in [0.15, 0.2) is 5.96 Å². The second-order valence-corrected chi connectivity index (χ2v) is 11.3. The first-order chi connectivity index (χ1) is 14.2. The summed E-state index contributed by atoms with van der Waals surface area (Å²) in [6.45, 7) is 12.2. The summed E-state index contributed by atoms with van der Waals surface area (Å²) in [5.41, 5.74) is 0.0776. The molecule has 0 bridgehead atoms. The monoisotopic (exact) mass is 446 g/mol. The number of ether oxygens (including phenoxy) is 2. The molecule has 3 atom stereocenters. The molecule has 2 rings (SSSR count). The van der Waals surface area contributed by atoms with Gasteiger partial charge in [0.1, 0.15) is 0 Å². The zero-order valence-corrected chi connectivity index (χ0v) is 20.0. The molecule has 0 radical (unpaired) electrons. The molecule has 2 fully saturated rings. The molecule has 30 heavy (non-hydrogen) atoms. The van der Waals surface area contributed by atoms with E-state index in [0.717, 1.165) is 51.9 Å². The van der Waals surface area contributed by atoms with Gasteiger partial charge in [-0.3, -0.25) is 4.99 Å². The van der Waals surface area contributed by atoms with Crippen LogP contribution in [0.5, 0.6) is 0 Å². The van der Waals surface area contributed by atoms with Crippen LogP contribution in [-0.2, 0) is 19.5 Å². The minimum absolute atomic E-state index is 0.00128. The minimum atomic E-state index is -3.35. The first-order valence-electron chi connectivity index (χ1n) is 11.4. The van der Waals surface area contributed by atoms with Gasteiger partial charge in [0.25, 0.3) is 0 Å². The maximum atomic E-state index is 12.3. The lowest BCUT2D eigenvalue weighted by Crippen LogP contribution is -2.44. The summed E-state index contributed by atoms with van der Waals surface area (Å²) in [5, 5.41) is 6.36. The molecule has 0 aliphatic carbocycles. The molecule has 3 N–H and O–H groups in total. The van der Waals surface area contributed by atoms with E-state index in [0.29, 0.717) is 31.5 Å². The second kappa shape index (κ2) is 12.2. The van der Waals surface area contributed by atoms with Crippen LogP contribution >= 0.6 is 0 Å². The molecular weight excluding hydrogens is 404 g/mol. The van der Waals surface area contributed by atoms with Crippen molar-refractivity contribution in [2.45, 2.75) is 72.0 Å². The Morgan fingerprint density at radius 2 is 1.83 bits per heavy atom. The highest BCUT2D eigenvalue weighted by Gasteiger charge is 2.35. The highest BCUT2D eigenvalue weighted by molar-refractivity contribution is 7.89. The zero-order chi connectivity index (χ0) is 22.0. The van der Waals surface area contributed by atoms with Gasteiger partial charge in [0.05, 0.1) is 18.0 Å². The van der Waals surface area contributed by atoms with Crippen LogP contribution in [0.4, 0.5) is 0 Å². The van der Waals surface area contributed by atoms with Crippen LogP contribution in [0.25, 0.3) is 0 Å². The van der Waals surface area contributed by atoms with Crippen LogP contribution in [0, 0.1) is 11.3 Å². The molecule has 0 aromatic carbocycles. The van der Waals surface area contributed by atoms with E-state index < -0.39 is 10.0 Å². The number of nitrogens with one attached hydrogen (secondary N) is 3. The van der Waals surface area contributed by atoms with Gasteiger partial charge in [-0.2, -0.15) is 0 Å². The molecule has 9 heteroatoms. The maximum absolute atomic E-state index is 12.3. The first kappa shape index (κ1) is 25.4. The number of rotatable bonds is 9. The average molecular weight is 447 g/mol. The van der Waals surface area contributed by atoms with Gasteiger partial charge < -0.3 is 20.1 Å². The third-order valence-corrected chi connectivity index (χ3v) is 6.94. The second-order valence-electron chi connectivity index (χ2n) is 9.36. The van der Waals surface area contributed by atoms with Crippen LogP contribution in [0.2, 0.25) is 0 Å². The van der Waals surface area contributed by atoms with Crippen molar-refractivity contribution in [3.63, 3.8) is 0 Å². The highest BCUT2D eigenvalue weighted by Crippen LogP contribution is 2.34. The molecular formula is C21H42N4O4S. The zero-order valence-electron chi connectivity index (χ0n) is 19.2. The lowest BCUT2D eigenvalue weighted by atomic mass is 9.78. The van der Waals surface area contributed by atoms with E-state index in [-0.39, 0.29) is 23.4 Å². The van der Waals surface area contributed by atoms with E-state index in [4.69, 9.17) is 14.5 Å². The summed E-state index contributed by atoms with van der Waals surface area (Å²) >= 11 is 0. The van der Waals surface area contributed by atoms with Crippen molar-refractivity contribution in [2.75, 3.05) is 45.1 Å². The third-order valence-electron chi connectivity index (χ3n) is 5.59. The molecule has 0 amide bonds. The molecule has 3 unspecified atom stereocenters. The number of aliphatic imine (C=N–C) groups is 1. The molecule has 2 saturated heterocycles. The maximum Gasteiger partial charge on any atom is 0.213 e. The Kier molecular flexibility index (Phi) is 10.3. The van der Waals surface area contributed by atoms with Crippen molar-refractivity contribution < 1.29 is 17.9 Å². The number of nitrogens with zero attached hydrogens (tertiary/aromatic N) is 1. The quantitative estimate of drug-likeness (QED) is 0.369. The molecule has 2 aliphatic heterocycles. The molecule has 2 heterocycles. The standard InChI is InChI=1S/C21H42N4O4S/c1-5-22-20(24-15-17-9-8-13-29-19(17)21(2,3)4)23-11-14-30(26,27)25-16-18-10-6-7-12-28-18/h17-19,25H,5-16H2,1-4H3,(H2,22,23,24). The van der Waals surface area contributed by atoms with Gasteiger partial charge in [-0.05, 0) is 44.4 Å². The van der Waals surface area contributed by atoms with Crippen LogP contribution in [0.15, 0.2) is 4.99 Å². The van der Waals surface area contributed by atoms with Gasteiger partial charge in [-0.15, -0.1) is 0 Å². The fourth-order valence-electron chi connectivity index (χ4n) is 4.10. The van der Waals surface area contributed by atoms with Crippen LogP contribution < -0.4 is 15.4 Å². The van der Waals surface area contributed by atoms with E-state index in [2.05, 4.69) is 36.1 Å². The lowest BCUT2D eigenvalue weighted by molar-refractivity contribution is -0.0823. The Morgan fingerprint density at radius 3 is 2.50 bits per heavy atom. The number of sulfonamides is 1. The van der Waals surface area contributed by atoms with Crippen LogP contribution in [-0.4, -0.2) is 71.7 Å². The Balaban J connectivity index is 1.81. The summed E-state index contributed by atoms with van der Waals surface area (Å²) < 4.78 is 38.9. The van der Waals surface area contributed by atoms with Crippen molar-refractivity contribution in [2.24, 2.45) is 16.3 Å². The fraction of sp³-hybridized carbons (Fsp3) is 0.952.